The Hall–Kier alpha value is -4.12. The summed E-state index contributed by atoms with van der Waals surface area (Å²) in [4.78, 5) is 25.5. The molecule has 1 unspecified atom stereocenters. The lowest BCUT2D eigenvalue weighted by Crippen LogP contribution is -2.37. The summed E-state index contributed by atoms with van der Waals surface area (Å²) in [5, 5.41) is 5.97. The smallest absolute Gasteiger partial charge is 0.291 e. The van der Waals surface area contributed by atoms with Gasteiger partial charge in [0.05, 0.1) is 6.26 Å². The molecule has 0 saturated carbocycles. The van der Waals surface area contributed by atoms with Crippen LogP contribution >= 0.6 is 0 Å². The quantitative estimate of drug-likeness (QED) is 0.384. The number of hydrogen-bond acceptors (Lipinski definition) is 3. The first-order chi connectivity index (χ1) is 16.0. The number of carbonyl (C=O) groups is 2. The molecule has 3 aromatic carbocycles. The molecule has 0 radical (unpaired) electrons. The third-order valence-electron chi connectivity index (χ3n) is 5.67. The van der Waals surface area contributed by atoms with Gasteiger partial charge in [-0.05, 0) is 54.8 Å². The molecule has 0 bridgehead atoms. The molecular formula is C28H26N2O3. The molecule has 5 heteroatoms. The number of aryl methyl sites for hydroxylation is 1. The second-order valence-electron chi connectivity index (χ2n) is 8.02. The van der Waals surface area contributed by atoms with E-state index in [0.29, 0.717) is 11.3 Å². The van der Waals surface area contributed by atoms with Crippen molar-refractivity contribution in [2.24, 2.45) is 0 Å². The number of furan rings is 1. The number of nitrogens with one attached hydrogen (secondary N) is 2. The average molecular weight is 439 g/mol. The molecule has 4 rings (SSSR count). The molecule has 33 heavy (non-hydrogen) atoms. The summed E-state index contributed by atoms with van der Waals surface area (Å²) in [5.74, 6) is -0.346. The molecule has 2 N–H and O–H groups in total. The van der Waals surface area contributed by atoms with Crippen molar-refractivity contribution in [1.82, 2.24) is 5.32 Å². The molecule has 5 nitrogen and oxygen atoms in total. The fourth-order valence-electron chi connectivity index (χ4n) is 3.95. The summed E-state index contributed by atoms with van der Waals surface area (Å²) in [5.41, 5.74) is 4.16. The second kappa shape index (κ2) is 10.0. The van der Waals surface area contributed by atoms with Gasteiger partial charge in [-0.3, -0.25) is 9.59 Å². The van der Waals surface area contributed by atoms with Crippen LogP contribution < -0.4 is 10.6 Å². The van der Waals surface area contributed by atoms with Crippen LogP contribution in [0.4, 0.5) is 5.69 Å². The zero-order valence-corrected chi connectivity index (χ0v) is 18.6. The predicted molar refractivity (Wildman–Crippen MR) is 129 cm³/mol. The van der Waals surface area contributed by atoms with E-state index in [2.05, 4.69) is 34.9 Å². The Bertz CT molecular complexity index is 1180. The van der Waals surface area contributed by atoms with E-state index in [4.69, 9.17) is 4.42 Å². The van der Waals surface area contributed by atoms with E-state index in [1.54, 1.807) is 24.3 Å². The van der Waals surface area contributed by atoms with Gasteiger partial charge in [0.1, 0.15) is 0 Å². The van der Waals surface area contributed by atoms with Crippen LogP contribution in [0.5, 0.6) is 0 Å². The van der Waals surface area contributed by atoms with Crippen molar-refractivity contribution in [1.29, 1.82) is 0 Å². The molecule has 0 spiro atoms. The fourth-order valence-corrected chi connectivity index (χ4v) is 3.95. The third-order valence-corrected chi connectivity index (χ3v) is 5.67. The highest BCUT2D eigenvalue weighted by atomic mass is 16.3. The molecule has 0 saturated heterocycles. The lowest BCUT2D eigenvalue weighted by atomic mass is 9.85. The molecule has 4 aromatic rings. The molecule has 1 heterocycles. The largest absolute Gasteiger partial charge is 0.459 e. The summed E-state index contributed by atoms with van der Waals surface area (Å²) in [6, 6.07) is 28.7. The maximum Gasteiger partial charge on any atom is 0.291 e. The fraction of sp³-hybridized carbons (Fsp3) is 0.143. The van der Waals surface area contributed by atoms with Crippen LogP contribution in [-0.4, -0.2) is 17.9 Å². The average Bonchev–Trinajstić information content (AvgIpc) is 3.37. The minimum Gasteiger partial charge on any atom is -0.459 e. The van der Waals surface area contributed by atoms with Crippen molar-refractivity contribution in [3.8, 4) is 0 Å². The van der Waals surface area contributed by atoms with Crippen LogP contribution in [0.25, 0.3) is 0 Å². The number of benzene rings is 3. The lowest BCUT2D eigenvalue weighted by Gasteiger charge is -2.26. The van der Waals surface area contributed by atoms with E-state index in [0.717, 1.165) is 16.7 Å². The Morgan fingerprint density at radius 1 is 0.788 bits per heavy atom. The summed E-state index contributed by atoms with van der Waals surface area (Å²) in [6.45, 7) is 3.89. The monoisotopic (exact) mass is 438 g/mol. The minimum absolute atomic E-state index is 0.0000703. The number of anilines is 1. The molecule has 1 aromatic heterocycles. The Morgan fingerprint density at radius 3 is 2.00 bits per heavy atom. The normalized spacial score (nSPS) is 11.7. The maximum atomic E-state index is 13.2. The predicted octanol–water partition coefficient (Wildman–Crippen LogP) is 5.79. The first-order valence-corrected chi connectivity index (χ1v) is 10.9. The molecule has 0 fully saturated rings. The van der Waals surface area contributed by atoms with Crippen molar-refractivity contribution in [2.45, 2.75) is 25.8 Å². The first kappa shape index (κ1) is 22.1. The lowest BCUT2D eigenvalue weighted by molar-refractivity contribution is 0.0935. The van der Waals surface area contributed by atoms with Gasteiger partial charge < -0.3 is 15.1 Å². The topological polar surface area (TPSA) is 71.3 Å². The highest BCUT2D eigenvalue weighted by Gasteiger charge is 2.23. The van der Waals surface area contributed by atoms with E-state index >= 15 is 0 Å². The van der Waals surface area contributed by atoms with E-state index in [1.807, 2.05) is 56.3 Å². The standard InChI is InChI=1S/C28H26N2O3/c1-19-15-16-23(18-24(19)30-28(32)25-14-9-17-33-25)27(31)29-20(2)26(21-10-5-3-6-11-21)22-12-7-4-8-13-22/h3-18,20,26H,1-2H3,(H,29,31)(H,30,32). The van der Waals surface area contributed by atoms with Gasteiger partial charge in [0, 0.05) is 23.2 Å². The Morgan fingerprint density at radius 2 is 1.42 bits per heavy atom. The summed E-state index contributed by atoms with van der Waals surface area (Å²) in [6.07, 6.45) is 1.45. The van der Waals surface area contributed by atoms with Crippen molar-refractivity contribution in [3.63, 3.8) is 0 Å². The summed E-state index contributed by atoms with van der Waals surface area (Å²) in [7, 11) is 0. The number of carbonyl (C=O) groups excluding carboxylic acids is 2. The Balaban J connectivity index is 1.55. The van der Waals surface area contributed by atoms with Crippen molar-refractivity contribution in [3.05, 3.63) is 125 Å². The van der Waals surface area contributed by atoms with Crippen LogP contribution in [0.1, 0.15) is 50.4 Å². The van der Waals surface area contributed by atoms with E-state index in [-0.39, 0.29) is 29.5 Å². The summed E-state index contributed by atoms with van der Waals surface area (Å²) >= 11 is 0. The highest BCUT2D eigenvalue weighted by molar-refractivity contribution is 6.04. The molecule has 0 aliphatic carbocycles. The van der Waals surface area contributed by atoms with Crippen molar-refractivity contribution in [2.75, 3.05) is 5.32 Å². The van der Waals surface area contributed by atoms with Gasteiger partial charge in [0.25, 0.3) is 11.8 Å². The molecule has 0 aliphatic heterocycles. The SMILES string of the molecule is Cc1ccc(C(=O)NC(C)C(c2ccccc2)c2ccccc2)cc1NC(=O)c1ccco1. The molecule has 166 valence electrons. The van der Waals surface area contributed by atoms with Gasteiger partial charge in [-0.25, -0.2) is 0 Å². The van der Waals surface area contributed by atoms with Crippen LogP contribution in [0.3, 0.4) is 0 Å². The van der Waals surface area contributed by atoms with E-state index in [1.165, 1.54) is 6.26 Å². The van der Waals surface area contributed by atoms with Crippen LogP contribution in [-0.2, 0) is 0 Å². The molecular weight excluding hydrogens is 412 g/mol. The Kier molecular flexibility index (Phi) is 6.69. The highest BCUT2D eigenvalue weighted by Crippen LogP contribution is 2.28. The zero-order valence-electron chi connectivity index (χ0n) is 18.6. The molecule has 0 aliphatic rings. The number of amides is 2. The van der Waals surface area contributed by atoms with E-state index < -0.39 is 0 Å². The second-order valence-corrected chi connectivity index (χ2v) is 8.02. The van der Waals surface area contributed by atoms with Gasteiger partial charge in [0.2, 0.25) is 0 Å². The van der Waals surface area contributed by atoms with Crippen molar-refractivity contribution >= 4 is 17.5 Å². The van der Waals surface area contributed by atoms with Gasteiger partial charge in [-0.2, -0.15) is 0 Å². The van der Waals surface area contributed by atoms with Crippen LogP contribution in [0.15, 0.2) is 102 Å². The number of rotatable bonds is 7. The summed E-state index contributed by atoms with van der Waals surface area (Å²) < 4.78 is 5.16. The minimum atomic E-state index is -0.359. The van der Waals surface area contributed by atoms with Gasteiger partial charge in [-0.15, -0.1) is 0 Å². The van der Waals surface area contributed by atoms with Gasteiger partial charge >= 0.3 is 0 Å². The van der Waals surface area contributed by atoms with Crippen LogP contribution in [0, 0.1) is 6.92 Å². The van der Waals surface area contributed by atoms with E-state index in [9.17, 15) is 9.59 Å². The molecule has 2 amide bonds. The van der Waals surface area contributed by atoms with Crippen molar-refractivity contribution < 1.29 is 14.0 Å². The Labute approximate surface area is 193 Å². The third kappa shape index (κ3) is 5.21. The maximum absolute atomic E-state index is 13.2. The van der Waals surface area contributed by atoms with Crippen LogP contribution in [0.2, 0.25) is 0 Å². The van der Waals surface area contributed by atoms with Gasteiger partial charge in [0.15, 0.2) is 5.76 Å². The van der Waals surface area contributed by atoms with Gasteiger partial charge in [-0.1, -0.05) is 66.7 Å². The first-order valence-electron chi connectivity index (χ1n) is 10.9. The molecule has 1 atom stereocenters. The number of hydrogen-bond donors (Lipinski definition) is 2. The zero-order chi connectivity index (χ0) is 23.2.